The van der Waals surface area contributed by atoms with Crippen molar-refractivity contribution < 1.29 is 8.42 Å². The quantitative estimate of drug-likeness (QED) is 0.358. The second-order valence-electron chi connectivity index (χ2n) is 9.10. The van der Waals surface area contributed by atoms with Crippen molar-refractivity contribution in [2.75, 3.05) is 31.9 Å². The molecule has 1 fully saturated rings. The predicted molar refractivity (Wildman–Crippen MR) is 145 cm³/mol. The summed E-state index contributed by atoms with van der Waals surface area (Å²) in [5.41, 5.74) is 9.72. The highest BCUT2D eigenvalue weighted by atomic mass is 32.2. The van der Waals surface area contributed by atoms with Crippen LogP contribution in [-0.2, 0) is 16.6 Å². The highest BCUT2D eigenvalue weighted by Crippen LogP contribution is 2.27. The van der Waals surface area contributed by atoms with Crippen molar-refractivity contribution in [2.24, 2.45) is 0 Å². The Labute approximate surface area is 220 Å². The summed E-state index contributed by atoms with van der Waals surface area (Å²) in [6, 6.07) is 20.0. The number of aromatic nitrogens is 5. The lowest BCUT2D eigenvalue weighted by molar-refractivity contribution is 0.181. The molecule has 38 heavy (non-hydrogen) atoms. The number of benzene rings is 1. The number of hydrogen-bond acceptors (Lipinski definition) is 8. The third-order valence-electron chi connectivity index (χ3n) is 6.63. The highest BCUT2D eigenvalue weighted by Gasteiger charge is 2.28. The fraction of sp³-hybridized carbons (Fsp3) is 0.185. The molecule has 1 aliphatic heterocycles. The Kier molecular flexibility index (Phi) is 6.32. The number of nitrogens with two attached hydrogens (primary N) is 1. The largest absolute Gasteiger partial charge is 0.384 e. The third kappa shape index (κ3) is 4.62. The van der Waals surface area contributed by atoms with Gasteiger partial charge in [-0.1, -0.05) is 6.07 Å². The average Bonchev–Trinajstić information content (AvgIpc) is 3.34. The molecule has 11 heteroatoms. The first kappa shape index (κ1) is 24.2. The van der Waals surface area contributed by atoms with Crippen LogP contribution in [0.25, 0.3) is 28.4 Å². The maximum Gasteiger partial charge on any atom is 0.243 e. The first-order chi connectivity index (χ1) is 18.5. The van der Waals surface area contributed by atoms with Gasteiger partial charge in [-0.25, -0.2) is 23.4 Å². The van der Waals surface area contributed by atoms with Crippen LogP contribution in [0.3, 0.4) is 0 Å². The molecule has 0 atom stereocenters. The van der Waals surface area contributed by atoms with Gasteiger partial charge in [0, 0.05) is 57.0 Å². The summed E-state index contributed by atoms with van der Waals surface area (Å²) in [5, 5.41) is 0. The monoisotopic (exact) mass is 526 g/mol. The van der Waals surface area contributed by atoms with Crippen molar-refractivity contribution in [1.82, 2.24) is 33.7 Å². The molecular weight excluding hydrogens is 500 g/mol. The molecule has 0 aliphatic carbocycles. The Hall–Kier alpha value is -4.19. The van der Waals surface area contributed by atoms with E-state index in [-0.39, 0.29) is 4.90 Å². The molecule has 5 heterocycles. The number of nitrogen functional groups attached to an aromatic ring is 1. The SMILES string of the molecule is Nc1cc(CN2CCN(S(=O)(=O)c3ccc(-n4c(-c5ccccn5)nc5cccnc54)cc3)CC2)ccn1. The molecule has 0 spiro atoms. The minimum absolute atomic E-state index is 0.258. The second kappa shape index (κ2) is 9.93. The molecule has 1 saturated heterocycles. The van der Waals surface area contributed by atoms with Crippen LogP contribution in [0.1, 0.15) is 5.56 Å². The summed E-state index contributed by atoms with van der Waals surface area (Å²) in [7, 11) is -3.63. The van der Waals surface area contributed by atoms with Crippen LogP contribution in [0, 0.1) is 0 Å². The Morgan fingerprint density at radius 2 is 1.61 bits per heavy atom. The van der Waals surface area contributed by atoms with E-state index in [1.807, 2.05) is 47.0 Å². The Morgan fingerprint density at radius 1 is 0.816 bits per heavy atom. The zero-order valence-electron chi connectivity index (χ0n) is 20.6. The number of imidazole rings is 1. The van der Waals surface area contributed by atoms with Gasteiger partial charge in [-0.2, -0.15) is 4.31 Å². The van der Waals surface area contributed by atoms with E-state index >= 15 is 0 Å². The minimum atomic E-state index is -3.63. The second-order valence-corrected chi connectivity index (χ2v) is 11.0. The summed E-state index contributed by atoms with van der Waals surface area (Å²) >= 11 is 0. The van der Waals surface area contributed by atoms with Crippen molar-refractivity contribution in [1.29, 1.82) is 0 Å². The van der Waals surface area contributed by atoms with E-state index in [0.717, 1.165) is 16.8 Å². The summed E-state index contributed by atoms with van der Waals surface area (Å²) in [6.07, 6.45) is 5.12. The van der Waals surface area contributed by atoms with Gasteiger partial charge in [0.25, 0.3) is 0 Å². The van der Waals surface area contributed by atoms with E-state index in [9.17, 15) is 8.42 Å². The zero-order valence-corrected chi connectivity index (χ0v) is 21.4. The van der Waals surface area contributed by atoms with Crippen LogP contribution < -0.4 is 5.73 Å². The molecule has 6 rings (SSSR count). The first-order valence-corrected chi connectivity index (χ1v) is 13.7. The molecule has 0 amide bonds. The summed E-state index contributed by atoms with van der Waals surface area (Å²) < 4.78 is 30.3. The lowest BCUT2D eigenvalue weighted by Crippen LogP contribution is -2.48. The topological polar surface area (TPSA) is 123 Å². The third-order valence-corrected chi connectivity index (χ3v) is 8.54. The van der Waals surface area contributed by atoms with Gasteiger partial charge >= 0.3 is 0 Å². The lowest BCUT2D eigenvalue weighted by Gasteiger charge is -2.34. The Morgan fingerprint density at radius 3 is 2.34 bits per heavy atom. The normalized spacial score (nSPS) is 15.2. The van der Waals surface area contributed by atoms with Crippen LogP contribution in [0.15, 0.2) is 90.2 Å². The van der Waals surface area contributed by atoms with Gasteiger partial charge in [-0.3, -0.25) is 14.5 Å². The maximum atomic E-state index is 13.4. The fourth-order valence-electron chi connectivity index (χ4n) is 4.72. The first-order valence-electron chi connectivity index (χ1n) is 12.3. The van der Waals surface area contributed by atoms with Crippen molar-refractivity contribution in [3.05, 3.63) is 90.9 Å². The Bertz CT molecular complexity index is 1680. The average molecular weight is 527 g/mol. The van der Waals surface area contributed by atoms with Gasteiger partial charge in [0.1, 0.15) is 17.0 Å². The number of anilines is 1. The van der Waals surface area contributed by atoms with E-state index in [1.54, 1.807) is 47.2 Å². The van der Waals surface area contributed by atoms with Gasteiger partial charge in [0.05, 0.1) is 4.90 Å². The number of hydrogen-bond donors (Lipinski definition) is 1. The number of rotatable bonds is 6. The van der Waals surface area contributed by atoms with E-state index in [0.29, 0.717) is 55.7 Å². The molecule has 1 aromatic carbocycles. The van der Waals surface area contributed by atoms with E-state index in [2.05, 4.69) is 19.9 Å². The molecule has 2 N–H and O–H groups in total. The van der Waals surface area contributed by atoms with Crippen molar-refractivity contribution >= 4 is 27.0 Å². The van der Waals surface area contributed by atoms with Crippen molar-refractivity contribution in [2.45, 2.75) is 11.4 Å². The molecule has 1 aliphatic rings. The van der Waals surface area contributed by atoms with Crippen LogP contribution in [0.2, 0.25) is 0 Å². The predicted octanol–water partition coefficient (Wildman–Crippen LogP) is 2.97. The molecule has 10 nitrogen and oxygen atoms in total. The number of nitrogens with zero attached hydrogens (tertiary/aromatic N) is 7. The number of piperazine rings is 1. The summed E-state index contributed by atoms with van der Waals surface area (Å²) in [4.78, 5) is 20.2. The Balaban J connectivity index is 1.23. The maximum absolute atomic E-state index is 13.4. The molecule has 0 unspecified atom stereocenters. The van der Waals surface area contributed by atoms with Crippen molar-refractivity contribution in [3.63, 3.8) is 0 Å². The smallest absolute Gasteiger partial charge is 0.243 e. The van der Waals surface area contributed by atoms with E-state index in [4.69, 9.17) is 10.7 Å². The fourth-order valence-corrected chi connectivity index (χ4v) is 6.14. The highest BCUT2D eigenvalue weighted by molar-refractivity contribution is 7.89. The van der Waals surface area contributed by atoms with Crippen LogP contribution in [0.4, 0.5) is 5.82 Å². The number of fused-ring (bicyclic) bond motifs is 1. The summed E-state index contributed by atoms with van der Waals surface area (Å²) in [5.74, 6) is 1.13. The van der Waals surface area contributed by atoms with Gasteiger partial charge < -0.3 is 5.73 Å². The van der Waals surface area contributed by atoms with Crippen LogP contribution in [-0.4, -0.2) is 68.3 Å². The van der Waals surface area contributed by atoms with Crippen molar-refractivity contribution in [3.8, 4) is 17.2 Å². The molecule has 0 radical (unpaired) electrons. The van der Waals surface area contributed by atoms with Gasteiger partial charge in [-0.15, -0.1) is 0 Å². The zero-order chi connectivity index (χ0) is 26.1. The molecule has 0 saturated carbocycles. The molecular formula is C27H26N8O2S. The molecule has 4 aromatic heterocycles. The lowest BCUT2D eigenvalue weighted by atomic mass is 10.2. The molecule has 5 aromatic rings. The van der Waals surface area contributed by atoms with E-state index in [1.165, 1.54) is 0 Å². The minimum Gasteiger partial charge on any atom is -0.384 e. The molecule has 192 valence electrons. The molecule has 0 bridgehead atoms. The standard InChI is InChI=1S/C27H26N8O2S/c28-25-18-20(10-13-30-25)19-33-14-16-34(17-15-33)38(36,37)22-8-6-21(7-9-22)35-26-24(5-3-12-31-26)32-27(35)23-4-1-2-11-29-23/h1-13,18H,14-17,19H2,(H2,28,30). The van der Waals surface area contributed by atoms with Gasteiger partial charge in [-0.05, 0) is 66.2 Å². The van der Waals surface area contributed by atoms with Gasteiger partial charge in [0.2, 0.25) is 10.0 Å². The number of sulfonamides is 1. The van der Waals surface area contributed by atoms with Crippen LogP contribution in [0.5, 0.6) is 0 Å². The van der Waals surface area contributed by atoms with Gasteiger partial charge in [0.15, 0.2) is 11.5 Å². The van der Waals surface area contributed by atoms with Crippen LogP contribution >= 0.6 is 0 Å². The van der Waals surface area contributed by atoms with E-state index < -0.39 is 10.0 Å². The number of pyridine rings is 3. The summed E-state index contributed by atoms with van der Waals surface area (Å²) in [6.45, 7) is 2.83.